The second-order valence-corrected chi connectivity index (χ2v) is 7.37. The third kappa shape index (κ3) is 4.75. The third-order valence-electron chi connectivity index (χ3n) is 5.07. The summed E-state index contributed by atoms with van der Waals surface area (Å²) in [6.45, 7) is 7.06. The van der Waals surface area contributed by atoms with Gasteiger partial charge in [0.2, 0.25) is 0 Å². The van der Waals surface area contributed by atoms with Crippen LogP contribution in [-0.4, -0.2) is 42.4 Å². The number of benzene rings is 2. The Morgan fingerprint density at radius 3 is 2.50 bits per heavy atom. The summed E-state index contributed by atoms with van der Waals surface area (Å²) in [5.74, 6) is 0.562. The van der Waals surface area contributed by atoms with E-state index >= 15 is 0 Å². The van der Waals surface area contributed by atoms with E-state index in [1.54, 1.807) is 6.20 Å². The molecule has 2 aromatic carbocycles. The predicted octanol–water partition coefficient (Wildman–Crippen LogP) is 3.93. The number of hydrogen-bond acceptors (Lipinski definition) is 6. The Morgan fingerprint density at radius 2 is 1.73 bits per heavy atom. The molecule has 154 valence electrons. The van der Waals surface area contributed by atoms with Gasteiger partial charge in [0, 0.05) is 36.1 Å². The van der Waals surface area contributed by atoms with Crippen molar-refractivity contribution in [2.24, 2.45) is 0 Å². The van der Waals surface area contributed by atoms with Gasteiger partial charge in [0.05, 0.1) is 25.1 Å². The molecule has 30 heavy (non-hydrogen) atoms. The smallest absolute Gasteiger partial charge is 0.255 e. The van der Waals surface area contributed by atoms with Crippen LogP contribution in [0.1, 0.15) is 21.5 Å². The number of nitrogens with zero attached hydrogens (tertiary/aromatic N) is 3. The molecule has 0 radical (unpaired) electrons. The summed E-state index contributed by atoms with van der Waals surface area (Å²) >= 11 is 0. The van der Waals surface area contributed by atoms with Crippen molar-refractivity contribution >= 4 is 28.8 Å². The fraction of sp³-hybridized carbons (Fsp3) is 0.261. The minimum Gasteiger partial charge on any atom is -0.378 e. The first-order valence-corrected chi connectivity index (χ1v) is 9.99. The fourth-order valence-corrected chi connectivity index (χ4v) is 3.38. The van der Waals surface area contributed by atoms with E-state index in [-0.39, 0.29) is 5.91 Å². The molecule has 2 heterocycles. The molecular weight excluding hydrogens is 378 g/mol. The number of aryl methyl sites for hydroxylation is 2. The first-order chi connectivity index (χ1) is 14.6. The molecule has 0 bridgehead atoms. The van der Waals surface area contributed by atoms with Crippen molar-refractivity contribution in [2.75, 3.05) is 41.8 Å². The van der Waals surface area contributed by atoms with Crippen molar-refractivity contribution in [1.82, 2.24) is 10.2 Å². The molecule has 0 saturated carbocycles. The van der Waals surface area contributed by atoms with Crippen molar-refractivity contribution in [2.45, 2.75) is 13.8 Å². The lowest BCUT2D eigenvalue weighted by molar-refractivity contribution is 0.102. The second-order valence-electron chi connectivity index (χ2n) is 7.37. The highest BCUT2D eigenvalue weighted by Crippen LogP contribution is 2.22. The summed E-state index contributed by atoms with van der Waals surface area (Å²) in [6.07, 6.45) is 1.77. The van der Waals surface area contributed by atoms with Gasteiger partial charge >= 0.3 is 0 Å². The summed E-state index contributed by atoms with van der Waals surface area (Å²) < 4.78 is 5.40. The zero-order valence-corrected chi connectivity index (χ0v) is 17.2. The van der Waals surface area contributed by atoms with Gasteiger partial charge in [-0.25, -0.2) is 0 Å². The van der Waals surface area contributed by atoms with Crippen molar-refractivity contribution in [3.63, 3.8) is 0 Å². The van der Waals surface area contributed by atoms with Gasteiger partial charge in [-0.3, -0.25) is 4.79 Å². The molecule has 1 aliphatic rings. The van der Waals surface area contributed by atoms with E-state index in [0.717, 1.165) is 54.5 Å². The number of hydrogen-bond donors (Lipinski definition) is 2. The molecular formula is C23H25N5O2. The van der Waals surface area contributed by atoms with E-state index < -0.39 is 0 Å². The molecule has 1 aliphatic heterocycles. The average molecular weight is 403 g/mol. The van der Waals surface area contributed by atoms with Crippen LogP contribution in [-0.2, 0) is 4.74 Å². The number of carbonyl (C=O) groups is 1. The number of ether oxygens (including phenoxy) is 1. The number of rotatable bonds is 5. The number of anilines is 4. The molecule has 4 rings (SSSR count). The lowest BCUT2D eigenvalue weighted by Gasteiger charge is -2.28. The van der Waals surface area contributed by atoms with Crippen LogP contribution in [0.3, 0.4) is 0 Å². The molecule has 7 heteroatoms. The van der Waals surface area contributed by atoms with Gasteiger partial charge in [-0.05, 0) is 49.7 Å². The predicted molar refractivity (Wildman–Crippen MR) is 119 cm³/mol. The molecule has 0 atom stereocenters. The molecule has 1 fully saturated rings. The zero-order chi connectivity index (χ0) is 20.9. The Balaban J connectivity index is 1.41. The van der Waals surface area contributed by atoms with Gasteiger partial charge in [-0.2, -0.15) is 5.10 Å². The van der Waals surface area contributed by atoms with E-state index in [2.05, 4.69) is 25.7 Å². The largest absolute Gasteiger partial charge is 0.378 e. The third-order valence-corrected chi connectivity index (χ3v) is 5.07. The van der Waals surface area contributed by atoms with Crippen molar-refractivity contribution in [3.05, 3.63) is 71.4 Å². The Kier molecular flexibility index (Phi) is 5.90. The van der Waals surface area contributed by atoms with Crippen LogP contribution >= 0.6 is 0 Å². The molecule has 1 aromatic heterocycles. The lowest BCUT2D eigenvalue weighted by atomic mass is 10.1. The monoisotopic (exact) mass is 403 g/mol. The molecule has 1 saturated heterocycles. The molecule has 0 unspecified atom stereocenters. The van der Waals surface area contributed by atoms with Gasteiger partial charge in [-0.1, -0.05) is 17.7 Å². The molecule has 1 amide bonds. The number of amides is 1. The van der Waals surface area contributed by atoms with Crippen LogP contribution in [0.2, 0.25) is 0 Å². The first-order valence-electron chi connectivity index (χ1n) is 9.99. The number of carbonyl (C=O) groups excluding carboxylic acids is 1. The first kappa shape index (κ1) is 19.8. The summed E-state index contributed by atoms with van der Waals surface area (Å²) in [5.41, 5.74) is 5.33. The Hall–Kier alpha value is -3.45. The molecule has 2 N–H and O–H groups in total. The molecule has 0 spiro atoms. The van der Waals surface area contributed by atoms with Gasteiger partial charge < -0.3 is 20.3 Å². The topological polar surface area (TPSA) is 79.4 Å². The summed E-state index contributed by atoms with van der Waals surface area (Å²) in [7, 11) is 0. The van der Waals surface area contributed by atoms with Crippen molar-refractivity contribution in [3.8, 4) is 0 Å². The average Bonchev–Trinajstić information content (AvgIpc) is 2.77. The van der Waals surface area contributed by atoms with Crippen LogP contribution < -0.4 is 15.5 Å². The van der Waals surface area contributed by atoms with Crippen LogP contribution in [0.5, 0.6) is 0 Å². The maximum absolute atomic E-state index is 12.6. The number of nitrogens with one attached hydrogen (secondary N) is 2. The minimum atomic E-state index is -0.110. The van der Waals surface area contributed by atoms with E-state index in [0.29, 0.717) is 11.4 Å². The van der Waals surface area contributed by atoms with Crippen LogP contribution in [0.25, 0.3) is 0 Å². The van der Waals surface area contributed by atoms with Crippen LogP contribution in [0, 0.1) is 13.8 Å². The van der Waals surface area contributed by atoms with Gasteiger partial charge in [0.25, 0.3) is 5.91 Å². The highest BCUT2D eigenvalue weighted by molar-refractivity contribution is 6.05. The van der Waals surface area contributed by atoms with Gasteiger partial charge in [0.1, 0.15) is 0 Å². The van der Waals surface area contributed by atoms with Gasteiger partial charge in [-0.15, -0.1) is 5.10 Å². The lowest BCUT2D eigenvalue weighted by Crippen LogP contribution is -2.36. The van der Waals surface area contributed by atoms with Gasteiger partial charge in [0.15, 0.2) is 5.82 Å². The Morgan fingerprint density at radius 1 is 1.00 bits per heavy atom. The minimum absolute atomic E-state index is 0.110. The standard InChI is InChI=1S/C23H25N5O2/c1-16-3-4-17(2)21(13-16)23(29)26-19-7-5-18(6-8-19)25-22-14-20(15-24-27-22)28-9-11-30-12-10-28/h3-8,13-15H,9-12H2,1-2H3,(H,25,27)(H,26,29). The fourth-order valence-electron chi connectivity index (χ4n) is 3.38. The summed E-state index contributed by atoms with van der Waals surface area (Å²) in [4.78, 5) is 14.8. The molecule has 3 aromatic rings. The normalized spacial score (nSPS) is 13.7. The SMILES string of the molecule is Cc1ccc(C)c(C(=O)Nc2ccc(Nc3cc(N4CCOCC4)cnn3)cc2)c1. The van der Waals surface area contributed by atoms with E-state index in [4.69, 9.17) is 4.74 Å². The number of morpholine rings is 1. The van der Waals surface area contributed by atoms with Crippen LogP contribution in [0.4, 0.5) is 22.9 Å². The second kappa shape index (κ2) is 8.92. The zero-order valence-electron chi connectivity index (χ0n) is 17.2. The van der Waals surface area contributed by atoms with E-state index in [9.17, 15) is 4.79 Å². The maximum Gasteiger partial charge on any atom is 0.255 e. The van der Waals surface area contributed by atoms with E-state index in [1.807, 2.05) is 62.4 Å². The highest BCUT2D eigenvalue weighted by Gasteiger charge is 2.13. The Labute approximate surface area is 176 Å². The van der Waals surface area contributed by atoms with E-state index in [1.165, 1.54) is 0 Å². The molecule has 0 aliphatic carbocycles. The maximum atomic E-state index is 12.6. The van der Waals surface area contributed by atoms with Crippen molar-refractivity contribution < 1.29 is 9.53 Å². The quantitative estimate of drug-likeness (QED) is 0.672. The highest BCUT2D eigenvalue weighted by atomic mass is 16.5. The number of aromatic nitrogens is 2. The Bertz CT molecular complexity index is 1030. The summed E-state index contributed by atoms with van der Waals surface area (Å²) in [5, 5.41) is 14.5. The summed E-state index contributed by atoms with van der Waals surface area (Å²) in [6, 6.07) is 15.4. The molecule has 7 nitrogen and oxygen atoms in total. The van der Waals surface area contributed by atoms with Crippen LogP contribution in [0.15, 0.2) is 54.7 Å². The van der Waals surface area contributed by atoms with Crippen molar-refractivity contribution in [1.29, 1.82) is 0 Å².